The number of thiophene rings is 1. The molecule has 0 aliphatic rings. The maximum Gasteiger partial charge on any atom is 0.418 e. The van der Waals surface area contributed by atoms with E-state index in [1.165, 1.54) is 6.92 Å². The number of alkyl halides is 3. The molecule has 0 spiro atoms. The van der Waals surface area contributed by atoms with E-state index >= 15 is 0 Å². The van der Waals surface area contributed by atoms with Gasteiger partial charge in [0.05, 0.1) is 17.6 Å². The topological polar surface area (TPSA) is 81.3 Å². The summed E-state index contributed by atoms with van der Waals surface area (Å²) in [4.78, 5) is 7.72. The minimum atomic E-state index is -4.51. The molecule has 3 N–H and O–H groups in total. The lowest BCUT2D eigenvalue weighted by Crippen LogP contribution is -2.09. The normalized spacial score (nSPS) is 11.2. The van der Waals surface area contributed by atoms with Gasteiger partial charge in [-0.3, -0.25) is 0 Å². The Kier molecular flexibility index (Phi) is 5.73. The van der Waals surface area contributed by atoms with E-state index in [1.807, 2.05) is 13.8 Å². The fourth-order valence-electron chi connectivity index (χ4n) is 1.66. The minimum absolute atomic E-state index is 0.0541. The van der Waals surface area contributed by atoms with E-state index in [-0.39, 0.29) is 40.1 Å². The highest BCUT2D eigenvalue weighted by atomic mass is 32.1. The highest BCUT2D eigenvalue weighted by Crippen LogP contribution is 2.43. The van der Waals surface area contributed by atoms with Crippen LogP contribution in [0, 0.1) is 6.92 Å². The number of hydrogen-bond donors (Lipinski definition) is 2. The SMILES string of the molecule is CC.Cc1sc2nc(OCCO)nc(N)c2c1C(F)(F)F. The van der Waals surface area contributed by atoms with Crippen molar-refractivity contribution >= 4 is 27.4 Å². The van der Waals surface area contributed by atoms with Crippen LogP contribution in [0.25, 0.3) is 10.2 Å². The highest BCUT2D eigenvalue weighted by molar-refractivity contribution is 7.18. The molecule has 2 heterocycles. The molecule has 2 aromatic rings. The van der Waals surface area contributed by atoms with Crippen molar-refractivity contribution in [2.75, 3.05) is 18.9 Å². The summed E-state index contributed by atoms with van der Waals surface area (Å²) in [5.74, 6) is -0.283. The van der Waals surface area contributed by atoms with Gasteiger partial charge in [0, 0.05) is 4.88 Å². The second-order valence-electron chi connectivity index (χ2n) is 3.67. The average Bonchev–Trinajstić information content (AvgIpc) is 2.75. The third kappa shape index (κ3) is 3.73. The van der Waals surface area contributed by atoms with Crippen LogP contribution in [0.2, 0.25) is 0 Å². The Morgan fingerprint density at radius 2 is 1.90 bits per heavy atom. The van der Waals surface area contributed by atoms with E-state index in [9.17, 15) is 13.2 Å². The van der Waals surface area contributed by atoms with Gasteiger partial charge in [0.15, 0.2) is 0 Å². The summed E-state index contributed by atoms with van der Waals surface area (Å²) in [5.41, 5.74) is 4.75. The van der Waals surface area contributed by atoms with Crippen molar-refractivity contribution in [1.29, 1.82) is 0 Å². The third-order valence-electron chi connectivity index (χ3n) is 2.34. The van der Waals surface area contributed by atoms with Gasteiger partial charge in [-0.05, 0) is 6.92 Å². The summed E-state index contributed by atoms with van der Waals surface area (Å²) in [7, 11) is 0. The molecular formula is C12H16F3N3O2S. The van der Waals surface area contributed by atoms with Gasteiger partial charge in [-0.25, -0.2) is 0 Å². The van der Waals surface area contributed by atoms with E-state index in [0.717, 1.165) is 11.3 Å². The fraction of sp³-hybridized carbons (Fsp3) is 0.500. The number of aliphatic hydroxyl groups is 1. The Balaban J connectivity index is 0.00000106. The summed E-state index contributed by atoms with van der Waals surface area (Å²) in [6, 6.07) is -0.144. The number of nitrogens with two attached hydrogens (primary N) is 1. The van der Waals surface area contributed by atoms with Crippen LogP contribution in [0.5, 0.6) is 6.01 Å². The Morgan fingerprint density at radius 3 is 2.43 bits per heavy atom. The zero-order valence-electron chi connectivity index (χ0n) is 11.8. The van der Waals surface area contributed by atoms with Crippen molar-refractivity contribution < 1.29 is 23.0 Å². The summed E-state index contributed by atoms with van der Waals surface area (Å²) >= 11 is 0.874. The molecule has 0 amide bonds. The van der Waals surface area contributed by atoms with Crippen LogP contribution >= 0.6 is 11.3 Å². The molecule has 0 aromatic carbocycles. The van der Waals surface area contributed by atoms with Gasteiger partial charge in [0.25, 0.3) is 0 Å². The molecule has 5 nitrogen and oxygen atoms in total. The van der Waals surface area contributed by atoms with Crippen molar-refractivity contribution in [1.82, 2.24) is 9.97 Å². The van der Waals surface area contributed by atoms with Crippen molar-refractivity contribution in [2.24, 2.45) is 0 Å². The Hall–Kier alpha value is -1.61. The number of ether oxygens (including phenoxy) is 1. The van der Waals surface area contributed by atoms with E-state index in [4.69, 9.17) is 15.6 Å². The number of hydrogen-bond acceptors (Lipinski definition) is 6. The van der Waals surface area contributed by atoms with Gasteiger partial charge >= 0.3 is 12.2 Å². The number of halogens is 3. The molecule has 9 heteroatoms. The summed E-state index contributed by atoms with van der Waals surface area (Å²) in [6.45, 7) is 5.04. The molecule has 0 aliphatic heterocycles. The maximum atomic E-state index is 12.9. The lowest BCUT2D eigenvalue weighted by molar-refractivity contribution is -0.136. The van der Waals surface area contributed by atoms with E-state index < -0.39 is 11.7 Å². The molecule has 0 fully saturated rings. The molecular weight excluding hydrogens is 307 g/mol. The number of aromatic nitrogens is 2. The number of rotatable bonds is 3. The van der Waals surface area contributed by atoms with Gasteiger partial charge in [-0.1, -0.05) is 13.8 Å². The van der Waals surface area contributed by atoms with E-state index in [0.29, 0.717) is 0 Å². The van der Waals surface area contributed by atoms with Gasteiger partial charge in [0.2, 0.25) is 0 Å². The number of nitrogens with zero attached hydrogens (tertiary/aromatic N) is 2. The van der Waals surface area contributed by atoms with Crippen LogP contribution < -0.4 is 10.5 Å². The summed E-state index contributed by atoms with van der Waals surface area (Å²) in [5, 5.41) is 8.40. The molecule has 0 unspecified atom stereocenters. The number of anilines is 1. The summed E-state index contributed by atoms with van der Waals surface area (Å²) in [6.07, 6.45) is -4.51. The lowest BCUT2D eigenvalue weighted by Gasteiger charge is -2.08. The number of nitrogen functional groups attached to an aromatic ring is 1. The first kappa shape index (κ1) is 17.4. The highest BCUT2D eigenvalue weighted by Gasteiger charge is 2.37. The van der Waals surface area contributed by atoms with Crippen LogP contribution in [0.15, 0.2) is 0 Å². The number of fused-ring (bicyclic) bond motifs is 1. The maximum absolute atomic E-state index is 12.9. The molecule has 0 radical (unpaired) electrons. The monoisotopic (exact) mass is 323 g/mol. The minimum Gasteiger partial charge on any atom is -0.461 e. The zero-order chi connectivity index (χ0) is 16.2. The second-order valence-corrected chi connectivity index (χ2v) is 4.88. The van der Waals surface area contributed by atoms with Crippen LogP contribution in [-0.2, 0) is 6.18 Å². The molecule has 0 saturated carbocycles. The molecule has 2 aromatic heterocycles. The van der Waals surface area contributed by atoms with Gasteiger partial charge in [-0.2, -0.15) is 23.1 Å². The third-order valence-corrected chi connectivity index (χ3v) is 3.34. The Bertz CT molecular complexity index is 614. The van der Waals surface area contributed by atoms with Crippen LogP contribution in [0.4, 0.5) is 19.0 Å². The number of aliphatic hydroxyl groups excluding tert-OH is 1. The predicted molar refractivity (Wildman–Crippen MR) is 75.5 cm³/mol. The second kappa shape index (κ2) is 6.90. The standard InChI is InChI=1S/C10H10F3N3O2S.C2H6/c1-4-6(10(11,12)13)5-7(14)15-9(18-3-2-17)16-8(5)19-4;1-2/h17H,2-3H2,1H3,(H2,14,15,16);1-2H3. The zero-order valence-corrected chi connectivity index (χ0v) is 12.6. The molecule has 2 rings (SSSR count). The van der Waals surface area contributed by atoms with E-state index in [1.54, 1.807) is 0 Å². The molecule has 0 atom stereocenters. The predicted octanol–water partition coefficient (Wildman–Crippen LogP) is 3.00. The van der Waals surface area contributed by atoms with Crippen molar-refractivity contribution in [3.05, 3.63) is 10.4 Å². The van der Waals surface area contributed by atoms with E-state index in [2.05, 4.69) is 9.97 Å². The Morgan fingerprint density at radius 1 is 1.29 bits per heavy atom. The molecule has 0 bridgehead atoms. The van der Waals surface area contributed by atoms with Gasteiger partial charge in [0.1, 0.15) is 17.3 Å². The summed E-state index contributed by atoms with van der Waals surface area (Å²) < 4.78 is 43.7. The van der Waals surface area contributed by atoms with Crippen LogP contribution in [0.3, 0.4) is 0 Å². The number of aryl methyl sites for hydroxylation is 1. The average molecular weight is 323 g/mol. The quantitative estimate of drug-likeness (QED) is 0.907. The molecule has 0 aliphatic carbocycles. The first-order chi connectivity index (χ1) is 9.84. The fourth-order valence-corrected chi connectivity index (χ4v) is 2.70. The molecule has 21 heavy (non-hydrogen) atoms. The molecule has 0 saturated heterocycles. The Labute approximate surface area is 123 Å². The lowest BCUT2D eigenvalue weighted by atomic mass is 10.2. The first-order valence-electron chi connectivity index (χ1n) is 6.22. The smallest absolute Gasteiger partial charge is 0.418 e. The van der Waals surface area contributed by atoms with Crippen molar-refractivity contribution in [3.8, 4) is 6.01 Å². The first-order valence-corrected chi connectivity index (χ1v) is 7.03. The molecule has 118 valence electrons. The van der Waals surface area contributed by atoms with Crippen molar-refractivity contribution in [3.63, 3.8) is 0 Å². The van der Waals surface area contributed by atoms with Crippen LogP contribution in [-0.4, -0.2) is 28.3 Å². The van der Waals surface area contributed by atoms with Crippen molar-refractivity contribution in [2.45, 2.75) is 26.9 Å². The largest absolute Gasteiger partial charge is 0.461 e. The van der Waals surface area contributed by atoms with Gasteiger partial charge < -0.3 is 15.6 Å². The van der Waals surface area contributed by atoms with Crippen LogP contribution in [0.1, 0.15) is 24.3 Å². The van der Waals surface area contributed by atoms with Gasteiger partial charge in [-0.15, -0.1) is 11.3 Å².